The van der Waals surface area contributed by atoms with E-state index < -0.39 is 66.3 Å². The molecule has 4 amide bonds. The van der Waals surface area contributed by atoms with Crippen molar-refractivity contribution >= 4 is 29.6 Å². The lowest BCUT2D eigenvalue weighted by Crippen LogP contribution is -2.58. The number of aromatic hydroxyl groups is 1. The zero-order valence-corrected chi connectivity index (χ0v) is 19.6. The molecule has 4 atom stereocenters. The van der Waals surface area contributed by atoms with Crippen molar-refractivity contribution in [1.29, 1.82) is 0 Å². The Morgan fingerprint density at radius 2 is 1.46 bits per heavy atom. The number of rotatable bonds is 14. The summed E-state index contributed by atoms with van der Waals surface area (Å²) in [5.74, 6) is -4.98. The lowest BCUT2D eigenvalue weighted by Gasteiger charge is -2.26. The van der Waals surface area contributed by atoms with Gasteiger partial charge in [0.15, 0.2) is 0 Å². The minimum Gasteiger partial charge on any atom is -0.508 e. The first-order chi connectivity index (χ1) is 16.3. The first kappa shape index (κ1) is 29.3. The number of carbonyl (C=O) groups is 5. The third-order valence-electron chi connectivity index (χ3n) is 5.09. The molecule has 13 nitrogen and oxygen atoms in total. The summed E-state index contributed by atoms with van der Waals surface area (Å²) in [4.78, 5) is 60.9. The summed E-state index contributed by atoms with van der Waals surface area (Å²) in [6.45, 7) is 2.50. The van der Waals surface area contributed by atoms with Gasteiger partial charge >= 0.3 is 5.97 Å². The molecule has 0 heterocycles. The van der Waals surface area contributed by atoms with Crippen LogP contribution in [0.25, 0.3) is 0 Å². The molecule has 0 aliphatic carbocycles. The molecule has 1 rings (SSSR count). The molecule has 1 aromatic carbocycles. The number of phenols is 1. The summed E-state index contributed by atoms with van der Waals surface area (Å²) in [5.41, 5.74) is 11.2. The van der Waals surface area contributed by atoms with Crippen LogP contribution in [0.15, 0.2) is 24.3 Å². The highest BCUT2D eigenvalue weighted by Crippen LogP contribution is 2.12. The van der Waals surface area contributed by atoms with Gasteiger partial charge in [0.05, 0.1) is 6.61 Å². The van der Waals surface area contributed by atoms with Gasteiger partial charge in [-0.05, 0) is 30.0 Å². The van der Waals surface area contributed by atoms with Crippen LogP contribution < -0.4 is 27.4 Å². The molecule has 13 heteroatoms. The number of amides is 4. The quantitative estimate of drug-likeness (QED) is 0.138. The van der Waals surface area contributed by atoms with Crippen molar-refractivity contribution < 1.29 is 39.3 Å². The van der Waals surface area contributed by atoms with Crippen LogP contribution in [0.5, 0.6) is 5.75 Å². The number of carbonyl (C=O) groups excluding carboxylic acids is 4. The fourth-order valence-electron chi connectivity index (χ4n) is 3.03. The monoisotopic (exact) mass is 495 g/mol. The average molecular weight is 496 g/mol. The van der Waals surface area contributed by atoms with Gasteiger partial charge < -0.3 is 42.7 Å². The Hall–Kier alpha value is -3.71. The van der Waals surface area contributed by atoms with Gasteiger partial charge in [-0.2, -0.15) is 0 Å². The number of primary amides is 1. The Morgan fingerprint density at radius 1 is 0.914 bits per heavy atom. The van der Waals surface area contributed by atoms with Crippen molar-refractivity contribution in [2.75, 3.05) is 6.61 Å². The van der Waals surface area contributed by atoms with Crippen LogP contribution in [-0.2, 0) is 30.4 Å². The summed E-state index contributed by atoms with van der Waals surface area (Å²) in [6.07, 6.45) is -0.556. The van der Waals surface area contributed by atoms with Crippen LogP contribution in [-0.4, -0.2) is 75.7 Å². The lowest BCUT2D eigenvalue weighted by molar-refractivity contribution is -0.143. The van der Waals surface area contributed by atoms with Crippen molar-refractivity contribution in [3.8, 4) is 5.75 Å². The number of aliphatic hydroxyl groups excluding tert-OH is 1. The first-order valence-electron chi connectivity index (χ1n) is 10.9. The Morgan fingerprint density at radius 3 is 1.94 bits per heavy atom. The summed E-state index contributed by atoms with van der Waals surface area (Å²) >= 11 is 0. The first-order valence-corrected chi connectivity index (χ1v) is 10.9. The molecule has 10 N–H and O–H groups in total. The molecule has 0 aliphatic rings. The van der Waals surface area contributed by atoms with Gasteiger partial charge in [0, 0.05) is 12.8 Å². The van der Waals surface area contributed by atoms with E-state index >= 15 is 0 Å². The second-order valence-corrected chi connectivity index (χ2v) is 8.36. The number of carboxylic acids is 1. The summed E-state index contributed by atoms with van der Waals surface area (Å²) in [6, 6.07) is 0.664. The molecule has 4 unspecified atom stereocenters. The second-order valence-electron chi connectivity index (χ2n) is 8.36. The Labute approximate surface area is 202 Å². The average Bonchev–Trinajstić information content (AvgIpc) is 2.79. The van der Waals surface area contributed by atoms with Crippen LogP contribution in [0.1, 0.15) is 32.3 Å². The minimum atomic E-state index is -1.33. The number of phenolic OH excluding ortho intramolecular Hbond substituents is 1. The Bertz CT molecular complexity index is 906. The number of nitrogens with two attached hydrogens (primary N) is 2. The summed E-state index contributed by atoms with van der Waals surface area (Å²) in [7, 11) is 0. The van der Waals surface area contributed by atoms with Gasteiger partial charge in [-0.3, -0.25) is 19.2 Å². The predicted molar refractivity (Wildman–Crippen MR) is 124 cm³/mol. The number of benzene rings is 1. The van der Waals surface area contributed by atoms with Crippen molar-refractivity contribution in [2.45, 2.75) is 57.3 Å². The van der Waals surface area contributed by atoms with Gasteiger partial charge in [0.25, 0.3) is 0 Å². The van der Waals surface area contributed by atoms with Crippen LogP contribution in [0, 0.1) is 5.92 Å². The fourth-order valence-corrected chi connectivity index (χ4v) is 3.03. The van der Waals surface area contributed by atoms with Gasteiger partial charge in [-0.15, -0.1) is 0 Å². The van der Waals surface area contributed by atoms with Crippen LogP contribution in [0.3, 0.4) is 0 Å². The molecule has 0 aromatic heterocycles. The van der Waals surface area contributed by atoms with E-state index in [4.69, 9.17) is 16.6 Å². The van der Waals surface area contributed by atoms with E-state index in [2.05, 4.69) is 16.0 Å². The molecule has 0 bridgehead atoms. The van der Waals surface area contributed by atoms with E-state index in [1.165, 1.54) is 24.3 Å². The highest BCUT2D eigenvalue weighted by atomic mass is 16.4. The number of aliphatic hydroxyl groups is 1. The molecular weight excluding hydrogens is 462 g/mol. The zero-order valence-electron chi connectivity index (χ0n) is 19.6. The van der Waals surface area contributed by atoms with E-state index in [1.807, 2.05) is 0 Å². The van der Waals surface area contributed by atoms with Gasteiger partial charge in [-0.25, -0.2) is 4.79 Å². The molecule has 0 fully saturated rings. The molecule has 0 radical (unpaired) electrons. The molecule has 0 spiro atoms. The van der Waals surface area contributed by atoms with E-state index in [0.29, 0.717) is 5.56 Å². The third kappa shape index (κ3) is 9.98. The maximum Gasteiger partial charge on any atom is 0.326 e. The van der Waals surface area contributed by atoms with E-state index in [1.54, 1.807) is 13.8 Å². The largest absolute Gasteiger partial charge is 0.508 e. The molecular formula is C22H33N5O8. The van der Waals surface area contributed by atoms with E-state index in [9.17, 15) is 34.2 Å². The van der Waals surface area contributed by atoms with Crippen LogP contribution in [0.2, 0.25) is 0 Å². The second kappa shape index (κ2) is 13.9. The summed E-state index contributed by atoms with van der Waals surface area (Å²) < 4.78 is 0. The molecule has 0 saturated heterocycles. The zero-order chi connectivity index (χ0) is 26.7. The maximum absolute atomic E-state index is 13.1. The smallest absolute Gasteiger partial charge is 0.326 e. The molecule has 0 aliphatic heterocycles. The molecule has 0 saturated carbocycles. The van der Waals surface area contributed by atoms with Gasteiger partial charge in [0.1, 0.15) is 29.9 Å². The highest BCUT2D eigenvalue weighted by Gasteiger charge is 2.31. The van der Waals surface area contributed by atoms with E-state index in [-0.39, 0.29) is 25.0 Å². The van der Waals surface area contributed by atoms with Crippen LogP contribution >= 0.6 is 0 Å². The Kier molecular flexibility index (Phi) is 11.6. The van der Waals surface area contributed by atoms with Gasteiger partial charge in [0.2, 0.25) is 23.6 Å². The standard InChI is InChI=1S/C22H33N5O8/c1-11(2)18(22(34)35)27-20(32)15(7-8-17(24)30)25-21(33)16(26-19(31)14(23)10-28)9-12-3-5-13(29)6-4-12/h3-6,11,14-16,18,28-29H,7-10,23H2,1-2H3,(H2,24,30)(H,25,33)(H,26,31)(H,27,32)(H,34,35). The van der Waals surface area contributed by atoms with Crippen LogP contribution in [0.4, 0.5) is 0 Å². The number of hydrogen-bond acceptors (Lipinski definition) is 8. The van der Waals surface area contributed by atoms with Crippen molar-refractivity contribution in [1.82, 2.24) is 16.0 Å². The SMILES string of the molecule is CC(C)C(NC(=O)C(CCC(N)=O)NC(=O)C(Cc1ccc(O)cc1)NC(=O)C(N)CO)C(=O)O. The van der Waals surface area contributed by atoms with E-state index in [0.717, 1.165) is 0 Å². The summed E-state index contributed by atoms with van der Waals surface area (Å²) in [5, 5.41) is 35.1. The highest BCUT2D eigenvalue weighted by molar-refractivity contribution is 5.94. The number of aliphatic carboxylic acids is 1. The minimum absolute atomic E-state index is 0.0117. The molecule has 35 heavy (non-hydrogen) atoms. The van der Waals surface area contributed by atoms with Crippen molar-refractivity contribution in [3.63, 3.8) is 0 Å². The van der Waals surface area contributed by atoms with Crippen molar-refractivity contribution in [3.05, 3.63) is 29.8 Å². The number of nitrogens with one attached hydrogen (secondary N) is 3. The topological polar surface area (TPSA) is 234 Å². The molecule has 1 aromatic rings. The predicted octanol–water partition coefficient (Wildman–Crippen LogP) is -2.29. The third-order valence-corrected chi connectivity index (χ3v) is 5.09. The molecule has 194 valence electrons. The van der Waals surface area contributed by atoms with Crippen molar-refractivity contribution in [2.24, 2.45) is 17.4 Å². The lowest BCUT2D eigenvalue weighted by atomic mass is 10.0. The number of hydrogen-bond donors (Lipinski definition) is 8. The fraction of sp³-hybridized carbons (Fsp3) is 0.500. The number of carboxylic acid groups (broad SMARTS) is 1. The Balaban J connectivity index is 3.14. The maximum atomic E-state index is 13.1. The van der Waals surface area contributed by atoms with Gasteiger partial charge in [-0.1, -0.05) is 26.0 Å². The normalized spacial score (nSPS) is 14.3.